The smallest absolute Gasteiger partial charge is 0.164 e. The first-order chi connectivity index (χ1) is 7.24. The fourth-order valence-corrected chi connectivity index (χ4v) is 2.34. The normalized spacial score (nSPS) is 26.8. The number of halogens is 1. The monoisotopic (exact) mass is 321 g/mol. The van der Waals surface area contributed by atoms with Crippen molar-refractivity contribution in [2.24, 2.45) is 0 Å². The highest BCUT2D eigenvalue weighted by Gasteiger charge is 2.18. The molecular weight excluding hydrogens is 305 g/mol. The van der Waals surface area contributed by atoms with Crippen LogP contribution in [0, 0.1) is 3.77 Å². The summed E-state index contributed by atoms with van der Waals surface area (Å²) in [7, 11) is 0. The number of furan rings is 1. The summed E-state index contributed by atoms with van der Waals surface area (Å²) in [5, 5.41) is 3.50. The van der Waals surface area contributed by atoms with E-state index in [2.05, 4.69) is 34.8 Å². The van der Waals surface area contributed by atoms with Crippen LogP contribution < -0.4 is 5.32 Å². The van der Waals surface area contributed by atoms with Gasteiger partial charge in [0.15, 0.2) is 3.77 Å². The summed E-state index contributed by atoms with van der Waals surface area (Å²) in [6, 6.07) is 4.58. The van der Waals surface area contributed by atoms with Crippen molar-refractivity contribution >= 4 is 22.6 Å². The lowest BCUT2D eigenvalue weighted by Crippen LogP contribution is -2.37. The molecular formula is C11H16INO2. The Labute approximate surface area is 104 Å². The van der Waals surface area contributed by atoms with Gasteiger partial charge in [-0.3, -0.25) is 0 Å². The molecule has 2 heterocycles. The average Bonchev–Trinajstić information content (AvgIpc) is 2.62. The van der Waals surface area contributed by atoms with Crippen LogP contribution in [0.1, 0.15) is 25.5 Å². The van der Waals surface area contributed by atoms with Crippen LogP contribution >= 0.6 is 22.6 Å². The topological polar surface area (TPSA) is 34.4 Å². The first kappa shape index (κ1) is 11.4. The second kappa shape index (κ2) is 5.32. The van der Waals surface area contributed by atoms with Gasteiger partial charge < -0.3 is 14.5 Å². The molecule has 2 rings (SSSR count). The second-order valence-electron chi connectivity index (χ2n) is 3.99. The molecule has 0 spiro atoms. The molecule has 2 unspecified atom stereocenters. The summed E-state index contributed by atoms with van der Waals surface area (Å²) in [6.45, 7) is 3.82. The lowest BCUT2D eigenvalue weighted by atomic mass is 10.0. The zero-order valence-corrected chi connectivity index (χ0v) is 11.0. The number of hydrogen-bond acceptors (Lipinski definition) is 3. The van der Waals surface area contributed by atoms with Crippen molar-refractivity contribution in [3.63, 3.8) is 0 Å². The first-order valence-electron chi connectivity index (χ1n) is 5.33. The average molecular weight is 321 g/mol. The third-order valence-electron chi connectivity index (χ3n) is 2.68. The van der Waals surface area contributed by atoms with Crippen molar-refractivity contribution in [1.82, 2.24) is 5.32 Å². The van der Waals surface area contributed by atoms with Gasteiger partial charge in [-0.1, -0.05) is 0 Å². The maximum atomic E-state index is 5.50. The summed E-state index contributed by atoms with van der Waals surface area (Å²) in [5.41, 5.74) is 0. The molecule has 0 bridgehead atoms. The van der Waals surface area contributed by atoms with Gasteiger partial charge in [0.2, 0.25) is 0 Å². The van der Waals surface area contributed by atoms with Crippen molar-refractivity contribution in [3.05, 3.63) is 21.7 Å². The van der Waals surface area contributed by atoms with Crippen LogP contribution in [0.4, 0.5) is 0 Å². The van der Waals surface area contributed by atoms with Gasteiger partial charge in [0, 0.05) is 12.6 Å². The Balaban J connectivity index is 1.77. The van der Waals surface area contributed by atoms with Crippen molar-refractivity contribution < 1.29 is 9.15 Å². The molecule has 0 amide bonds. The summed E-state index contributed by atoms with van der Waals surface area (Å²) < 4.78 is 11.9. The summed E-state index contributed by atoms with van der Waals surface area (Å²) >= 11 is 2.18. The zero-order chi connectivity index (χ0) is 10.7. The minimum absolute atomic E-state index is 0.382. The fraction of sp³-hybridized carbons (Fsp3) is 0.636. The van der Waals surface area contributed by atoms with Crippen LogP contribution in [0.25, 0.3) is 0 Å². The highest BCUT2D eigenvalue weighted by Crippen LogP contribution is 2.15. The van der Waals surface area contributed by atoms with E-state index >= 15 is 0 Å². The largest absolute Gasteiger partial charge is 0.454 e. The molecule has 1 fully saturated rings. The van der Waals surface area contributed by atoms with Gasteiger partial charge in [0.1, 0.15) is 5.76 Å². The Morgan fingerprint density at radius 3 is 3.07 bits per heavy atom. The first-order valence-corrected chi connectivity index (χ1v) is 6.41. The molecule has 1 aromatic heterocycles. The molecule has 1 saturated heterocycles. The van der Waals surface area contributed by atoms with E-state index in [9.17, 15) is 0 Å². The van der Waals surface area contributed by atoms with E-state index in [1.807, 2.05) is 12.1 Å². The zero-order valence-electron chi connectivity index (χ0n) is 8.83. The molecule has 1 aliphatic rings. The van der Waals surface area contributed by atoms with Gasteiger partial charge in [0.05, 0.1) is 12.6 Å². The molecule has 0 aromatic carbocycles. The van der Waals surface area contributed by atoms with Crippen molar-refractivity contribution in [2.75, 3.05) is 6.61 Å². The number of nitrogens with one attached hydrogen (secondary N) is 1. The van der Waals surface area contributed by atoms with Crippen LogP contribution in [0.15, 0.2) is 16.5 Å². The third-order valence-corrected chi connectivity index (χ3v) is 3.26. The van der Waals surface area contributed by atoms with Crippen molar-refractivity contribution in [3.8, 4) is 0 Å². The van der Waals surface area contributed by atoms with E-state index in [4.69, 9.17) is 9.15 Å². The molecule has 1 N–H and O–H groups in total. The maximum absolute atomic E-state index is 5.50. The molecule has 15 heavy (non-hydrogen) atoms. The predicted molar refractivity (Wildman–Crippen MR) is 66.7 cm³/mol. The molecule has 1 aromatic rings. The van der Waals surface area contributed by atoms with Crippen LogP contribution in [0.2, 0.25) is 0 Å². The number of hydrogen-bond donors (Lipinski definition) is 1. The third kappa shape index (κ3) is 3.46. The Morgan fingerprint density at radius 1 is 1.53 bits per heavy atom. The lowest BCUT2D eigenvalue weighted by molar-refractivity contribution is 0.0127. The minimum atomic E-state index is 0.382. The SMILES string of the molecule is CC1CC(NCc2ccc(I)o2)CCO1. The Hall–Kier alpha value is -0.0700. The highest BCUT2D eigenvalue weighted by atomic mass is 127. The Morgan fingerprint density at radius 2 is 2.40 bits per heavy atom. The quantitative estimate of drug-likeness (QED) is 0.869. The fourth-order valence-electron chi connectivity index (χ4n) is 1.88. The summed E-state index contributed by atoms with van der Waals surface area (Å²) in [6.07, 6.45) is 2.58. The van der Waals surface area contributed by atoms with Gasteiger partial charge in [-0.05, 0) is 54.5 Å². The molecule has 2 atom stereocenters. The number of rotatable bonds is 3. The van der Waals surface area contributed by atoms with Gasteiger partial charge in [-0.2, -0.15) is 0 Å². The van der Waals surface area contributed by atoms with Gasteiger partial charge >= 0.3 is 0 Å². The summed E-state index contributed by atoms with van der Waals surface area (Å²) in [4.78, 5) is 0. The van der Waals surface area contributed by atoms with E-state index in [1.54, 1.807) is 0 Å². The van der Waals surface area contributed by atoms with E-state index in [-0.39, 0.29) is 0 Å². The van der Waals surface area contributed by atoms with Crippen LogP contribution in [0.5, 0.6) is 0 Å². The molecule has 0 radical (unpaired) electrons. The standard InChI is InChI=1S/C11H16INO2/c1-8-6-9(4-5-14-8)13-7-10-2-3-11(12)15-10/h2-3,8-9,13H,4-7H2,1H3. The molecule has 3 nitrogen and oxygen atoms in total. The molecule has 84 valence electrons. The summed E-state index contributed by atoms with van der Waals surface area (Å²) in [5.74, 6) is 1.01. The van der Waals surface area contributed by atoms with Gasteiger partial charge in [-0.25, -0.2) is 0 Å². The van der Waals surface area contributed by atoms with Crippen LogP contribution in [-0.4, -0.2) is 18.8 Å². The van der Waals surface area contributed by atoms with E-state index in [0.29, 0.717) is 12.1 Å². The van der Waals surface area contributed by atoms with Crippen molar-refractivity contribution in [1.29, 1.82) is 0 Å². The molecule has 1 aliphatic heterocycles. The lowest BCUT2D eigenvalue weighted by Gasteiger charge is -2.27. The molecule has 0 saturated carbocycles. The molecule has 0 aliphatic carbocycles. The Bertz CT molecular complexity index is 313. The van der Waals surface area contributed by atoms with Crippen LogP contribution in [-0.2, 0) is 11.3 Å². The van der Waals surface area contributed by atoms with Crippen molar-refractivity contribution in [2.45, 2.75) is 38.5 Å². The van der Waals surface area contributed by atoms with E-state index < -0.39 is 0 Å². The number of ether oxygens (including phenoxy) is 1. The predicted octanol–water partition coefficient (Wildman–Crippen LogP) is 2.54. The van der Waals surface area contributed by atoms with Gasteiger partial charge in [-0.15, -0.1) is 0 Å². The second-order valence-corrected chi connectivity index (χ2v) is 5.05. The van der Waals surface area contributed by atoms with Gasteiger partial charge in [0.25, 0.3) is 0 Å². The van der Waals surface area contributed by atoms with Crippen LogP contribution in [0.3, 0.4) is 0 Å². The maximum Gasteiger partial charge on any atom is 0.164 e. The van der Waals surface area contributed by atoms with E-state index in [0.717, 1.165) is 35.5 Å². The van der Waals surface area contributed by atoms with E-state index in [1.165, 1.54) is 0 Å². The molecule has 4 heteroatoms. The minimum Gasteiger partial charge on any atom is -0.454 e. The highest BCUT2D eigenvalue weighted by molar-refractivity contribution is 14.1. The Kier molecular flexibility index (Phi) is 4.05.